The summed E-state index contributed by atoms with van der Waals surface area (Å²) in [7, 11) is 1.54. The van der Waals surface area contributed by atoms with Crippen LogP contribution >= 0.6 is 55.1 Å². The van der Waals surface area contributed by atoms with Crippen molar-refractivity contribution in [2.45, 2.75) is 4.83 Å². The van der Waals surface area contributed by atoms with Gasteiger partial charge in [0.15, 0.2) is 0 Å². The lowest BCUT2D eigenvalue weighted by Gasteiger charge is -2.18. The number of methoxy groups -OCH3 is 1. The SMILES string of the molecule is COc1c(Br)cc(Cl)cc1C(Br)c1c(F)cccc1Cl. The molecule has 2 aromatic rings. The Labute approximate surface area is 143 Å². The highest BCUT2D eigenvalue weighted by Gasteiger charge is 2.23. The summed E-state index contributed by atoms with van der Waals surface area (Å²) in [6, 6.07) is 7.99. The van der Waals surface area contributed by atoms with Crippen LogP contribution in [0.5, 0.6) is 5.75 Å². The van der Waals surface area contributed by atoms with Crippen LogP contribution < -0.4 is 4.74 Å². The van der Waals surface area contributed by atoms with E-state index in [0.717, 1.165) is 0 Å². The third kappa shape index (κ3) is 3.14. The second-order valence-corrected chi connectivity index (χ2v) is 6.62. The lowest BCUT2D eigenvalue weighted by molar-refractivity contribution is 0.407. The molecule has 0 aliphatic carbocycles. The van der Waals surface area contributed by atoms with Gasteiger partial charge in [0.2, 0.25) is 0 Å². The molecule has 0 aromatic heterocycles. The van der Waals surface area contributed by atoms with Crippen molar-refractivity contribution < 1.29 is 9.13 Å². The fourth-order valence-corrected chi connectivity index (χ4v) is 4.10. The molecule has 0 amide bonds. The number of benzene rings is 2. The third-order valence-corrected chi connectivity index (χ3v) is 4.86. The maximum absolute atomic E-state index is 14.0. The summed E-state index contributed by atoms with van der Waals surface area (Å²) >= 11 is 19.0. The maximum atomic E-state index is 14.0. The zero-order chi connectivity index (χ0) is 14.9. The van der Waals surface area contributed by atoms with Crippen molar-refractivity contribution in [2.24, 2.45) is 0 Å². The van der Waals surface area contributed by atoms with Crippen LogP contribution in [0.3, 0.4) is 0 Å². The molecular formula is C14H9Br2Cl2FO. The fourth-order valence-electron chi connectivity index (χ4n) is 1.89. The summed E-state index contributed by atoms with van der Waals surface area (Å²) in [5.74, 6) is 0.188. The molecule has 6 heteroatoms. The largest absolute Gasteiger partial charge is 0.495 e. The van der Waals surface area contributed by atoms with Crippen LogP contribution in [-0.4, -0.2) is 7.11 Å². The molecule has 1 atom stereocenters. The summed E-state index contributed by atoms with van der Waals surface area (Å²) in [6.07, 6.45) is 0. The molecule has 2 rings (SSSR count). The molecule has 0 heterocycles. The minimum absolute atomic E-state index is 0.338. The second kappa shape index (κ2) is 6.65. The standard InChI is InChI=1S/C14H9Br2Cl2FO/c1-20-14-8(5-7(17)6-9(14)15)13(16)12-10(18)3-2-4-11(12)19/h2-6,13H,1H3. The third-order valence-electron chi connectivity index (χ3n) is 2.77. The van der Waals surface area contributed by atoms with Crippen molar-refractivity contribution >= 4 is 55.1 Å². The molecular weight excluding hydrogens is 434 g/mol. The fraction of sp³-hybridized carbons (Fsp3) is 0.143. The molecule has 1 nitrogen and oxygen atoms in total. The number of alkyl halides is 1. The zero-order valence-electron chi connectivity index (χ0n) is 10.3. The number of halogens is 5. The van der Waals surface area contributed by atoms with E-state index in [1.807, 2.05) is 0 Å². The van der Waals surface area contributed by atoms with Gasteiger partial charge in [-0.05, 0) is 40.2 Å². The summed E-state index contributed by atoms with van der Waals surface area (Å²) in [4.78, 5) is -0.471. The van der Waals surface area contributed by atoms with Crippen LogP contribution in [0.15, 0.2) is 34.8 Å². The van der Waals surface area contributed by atoms with Gasteiger partial charge in [0, 0.05) is 21.2 Å². The smallest absolute Gasteiger partial charge is 0.137 e. The van der Waals surface area contributed by atoms with Gasteiger partial charge in [0.1, 0.15) is 11.6 Å². The highest BCUT2D eigenvalue weighted by molar-refractivity contribution is 9.10. The van der Waals surface area contributed by atoms with E-state index in [9.17, 15) is 4.39 Å². The van der Waals surface area contributed by atoms with E-state index in [1.165, 1.54) is 6.07 Å². The van der Waals surface area contributed by atoms with E-state index in [4.69, 9.17) is 27.9 Å². The lowest BCUT2D eigenvalue weighted by atomic mass is 10.0. The van der Waals surface area contributed by atoms with Crippen LogP contribution in [0.4, 0.5) is 4.39 Å². The Morgan fingerprint density at radius 2 is 1.95 bits per heavy atom. The van der Waals surface area contributed by atoms with Crippen molar-refractivity contribution in [3.8, 4) is 5.75 Å². The molecule has 1 unspecified atom stereocenters. The first kappa shape index (κ1) is 16.1. The van der Waals surface area contributed by atoms with Gasteiger partial charge in [-0.2, -0.15) is 0 Å². The predicted octanol–water partition coefficient (Wildman–Crippen LogP) is 6.39. The normalized spacial score (nSPS) is 12.3. The molecule has 0 bridgehead atoms. The zero-order valence-corrected chi connectivity index (χ0v) is 14.9. The number of ether oxygens (including phenoxy) is 1. The summed E-state index contributed by atoms with van der Waals surface area (Å²) < 4.78 is 20.1. The monoisotopic (exact) mass is 440 g/mol. The van der Waals surface area contributed by atoms with Crippen LogP contribution in [0, 0.1) is 5.82 Å². The molecule has 0 saturated carbocycles. The number of rotatable bonds is 3. The molecule has 20 heavy (non-hydrogen) atoms. The van der Waals surface area contributed by atoms with Gasteiger partial charge >= 0.3 is 0 Å². The van der Waals surface area contributed by atoms with Crippen molar-refractivity contribution in [2.75, 3.05) is 7.11 Å². The Balaban J connectivity index is 2.62. The van der Waals surface area contributed by atoms with Gasteiger partial charge in [0.25, 0.3) is 0 Å². The van der Waals surface area contributed by atoms with Gasteiger partial charge < -0.3 is 4.74 Å². The number of hydrogen-bond donors (Lipinski definition) is 0. The molecule has 0 aliphatic heterocycles. The minimum Gasteiger partial charge on any atom is -0.495 e. The molecule has 0 fully saturated rings. The van der Waals surface area contributed by atoms with Crippen LogP contribution in [0.2, 0.25) is 10.0 Å². The topological polar surface area (TPSA) is 9.23 Å². The van der Waals surface area contributed by atoms with E-state index < -0.39 is 10.6 Å². The summed E-state index contributed by atoms with van der Waals surface area (Å²) in [5.41, 5.74) is 1.04. The molecule has 0 N–H and O–H groups in total. The second-order valence-electron chi connectivity index (χ2n) is 4.01. The van der Waals surface area contributed by atoms with Crippen molar-refractivity contribution in [3.05, 3.63) is 61.8 Å². The average molecular weight is 443 g/mol. The van der Waals surface area contributed by atoms with E-state index in [0.29, 0.717) is 31.4 Å². The maximum Gasteiger partial charge on any atom is 0.137 e. The molecule has 0 aliphatic rings. The number of hydrogen-bond acceptors (Lipinski definition) is 1. The van der Waals surface area contributed by atoms with Gasteiger partial charge in [-0.1, -0.05) is 45.2 Å². The van der Waals surface area contributed by atoms with E-state index in [-0.39, 0.29) is 0 Å². The average Bonchev–Trinajstić information content (AvgIpc) is 2.37. The molecule has 0 radical (unpaired) electrons. The van der Waals surface area contributed by atoms with Crippen molar-refractivity contribution in [3.63, 3.8) is 0 Å². The highest BCUT2D eigenvalue weighted by atomic mass is 79.9. The Morgan fingerprint density at radius 1 is 1.25 bits per heavy atom. The van der Waals surface area contributed by atoms with Crippen LogP contribution in [0.1, 0.15) is 16.0 Å². The summed E-state index contributed by atoms with van der Waals surface area (Å²) in [5, 5.41) is 0.856. The van der Waals surface area contributed by atoms with Gasteiger partial charge in [-0.15, -0.1) is 0 Å². The molecule has 106 valence electrons. The van der Waals surface area contributed by atoms with E-state index >= 15 is 0 Å². The quantitative estimate of drug-likeness (QED) is 0.500. The van der Waals surface area contributed by atoms with Gasteiger partial charge in [-0.3, -0.25) is 0 Å². The van der Waals surface area contributed by atoms with Crippen LogP contribution in [0.25, 0.3) is 0 Å². The van der Waals surface area contributed by atoms with Crippen molar-refractivity contribution in [1.29, 1.82) is 0 Å². The Kier molecular flexibility index (Phi) is 5.35. The minimum atomic E-state index is -0.471. The summed E-state index contributed by atoms with van der Waals surface area (Å²) in [6.45, 7) is 0. The Morgan fingerprint density at radius 3 is 2.55 bits per heavy atom. The van der Waals surface area contributed by atoms with Gasteiger partial charge in [-0.25, -0.2) is 4.39 Å². The highest BCUT2D eigenvalue weighted by Crippen LogP contribution is 2.44. The first-order chi connectivity index (χ1) is 9.45. The van der Waals surface area contributed by atoms with Crippen LogP contribution in [-0.2, 0) is 0 Å². The Hall–Kier alpha value is -0.290. The van der Waals surface area contributed by atoms with Gasteiger partial charge in [0.05, 0.1) is 16.4 Å². The first-order valence-corrected chi connectivity index (χ1v) is 8.03. The van der Waals surface area contributed by atoms with E-state index in [2.05, 4.69) is 31.9 Å². The van der Waals surface area contributed by atoms with E-state index in [1.54, 1.807) is 31.4 Å². The molecule has 0 saturated heterocycles. The first-order valence-electron chi connectivity index (χ1n) is 5.56. The molecule has 2 aromatic carbocycles. The Bertz CT molecular complexity index is 629. The predicted molar refractivity (Wildman–Crippen MR) is 87.9 cm³/mol. The lowest BCUT2D eigenvalue weighted by Crippen LogP contribution is -2.01. The van der Waals surface area contributed by atoms with Crippen molar-refractivity contribution in [1.82, 2.24) is 0 Å². The molecule has 0 spiro atoms.